The van der Waals surface area contributed by atoms with Crippen molar-refractivity contribution in [2.75, 3.05) is 24.7 Å². The van der Waals surface area contributed by atoms with Gasteiger partial charge in [-0.2, -0.15) is 0 Å². The van der Waals surface area contributed by atoms with E-state index in [-0.39, 0.29) is 53.7 Å². The number of anilines is 1. The van der Waals surface area contributed by atoms with Gasteiger partial charge in [-0.05, 0) is 36.8 Å². The van der Waals surface area contributed by atoms with Crippen LogP contribution in [0.5, 0.6) is 11.5 Å². The van der Waals surface area contributed by atoms with Crippen molar-refractivity contribution < 1.29 is 33.7 Å². The SMILES string of the molecule is C#CCOc1cccc(N2C(=O)c3ccc(C(=O)OCC(O)CC)cc3C2=O)c1OCC#C. The molecule has 1 heterocycles. The fraction of sp³-hybridized carbons (Fsp3) is 0.240. The van der Waals surface area contributed by atoms with Crippen LogP contribution in [0.3, 0.4) is 0 Å². The average molecular weight is 447 g/mol. The molecule has 0 saturated heterocycles. The van der Waals surface area contributed by atoms with Gasteiger partial charge in [-0.15, -0.1) is 12.8 Å². The predicted octanol–water partition coefficient (Wildman–Crippen LogP) is 2.44. The Morgan fingerprint density at radius 1 is 1.06 bits per heavy atom. The molecule has 1 aliphatic heterocycles. The topological polar surface area (TPSA) is 102 Å². The lowest BCUT2D eigenvalue weighted by molar-refractivity contribution is 0.0250. The summed E-state index contributed by atoms with van der Waals surface area (Å²) >= 11 is 0. The van der Waals surface area contributed by atoms with Gasteiger partial charge in [0.2, 0.25) is 0 Å². The number of aliphatic hydroxyl groups excluding tert-OH is 1. The van der Waals surface area contributed by atoms with Gasteiger partial charge in [-0.25, -0.2) is 9.69 Å². The Kier molecular flexibility index (Phi) is 7.34. The molecular formula is C25H21NO7. The van der Waals surface area contributed by atoms with E-state index in [1.807, 2.05) is 0 Å². The van der Waals surface area contributed by atoms with Crippen LogP contribution in [0, 0.1) is 24.7 Å². The highest BCUT2D eigenvalue weighted by molar-refractivity contribution is 6.35. The van der Waals surface area contributed by atoms with Crippen molar-refractivity contribution in [3.8, 4) is 36.2 Å². The van der Waals surface area contributed by atoms with Gasteiger partial charge < -0.3 is 19.3 Å². The first-order chi connectivity index (χ1) is 15.9. The van der Waals surface area contributed by atoms with Gasteiger partial charge in [-0.3, -0.25) is 9.59 Å². The molecule has 0 spiro atoms. The van der Waals surface area contributed by atoms with Gasteiger partial charge in [0.1, 0.15) is 19.8 Å². The molecular weight excluding hydrogens is 426 g/mol. The standard InChI is InChI=1S/C25H21NO7/c1-4-12-31-21-9-7-8-20(22(21)32-13-5-2)26-23(28)18-11-10-16(14-19(18)24(26)29)25(30)33-15-17(27)6-3/h1-2,7-11,14,17,27H,6,12-13,15H2,3H3. The van der Waals surface area contributed by atoms with E-state index in [4.69, 9.17) is 27.1 Å². The summed E-state index contributed by atoms with van der Waals surface area (Å²) in [5.41, 5.74) is 0.349. The quantitative estimate of drug-likeness (QED) is 0.358. The molecule has 1 N–H and O–H groups in total. The molecule has 0 saturated carbocycles. The highest BCUT2D eigenvalue weighted by Crippen LogP contribution is 2.41. The molecule has 0 aliphatic carbocycles. The van der Waals surface area contributed by atoms with Crippen molar-refractivity contribution in [3.05, 3.63) is 53.1 Å². The molecule has 8 heteroatoms. The number of nitrogens with zero attached hydrogens (tertiary/aromatic N) is 1. The lowest BCUT2D eigenvalue weighted by Crippen LogP contribution is -2.30. The Morgan fingerprint density at radius 2 is 1.76 bits per heavy atom. The molecule has 1 aliphatic rings. The lowest BCUT2D eigenvalue weighted by atomic mass is 10.1. The highest BCUT2D eigenvalue weighted by atomic mass is 16.5. The van der Waals surface area contributed by atoms with E-state index in [0.717, 1.165) is 4.90 Å². The van der Waals surface area contributed by atoms with Crippen LogP contribution in [-0.2, 0) is 4.74 Å². The molecule has 168 valence electrons. The van der Waals surface area contributed by atoms with E-state index in [1.165, 1.54) is 24.3 Å². The number of imide groups is 1. The second kappa shape index (κ2) is 10.4. The van der Waals surface area contributed by atoms with E-state index in [0.29, 0.717) is 6.42 Å². The van der Waals surface area contributed by atoms with Gasteiger partial charge in [0, 0.05) is 0 Å². The molecule has 1 atom stereocenters. The van der Waals surface area contributed by atoms with Crippen LogP contribution in [0.25, 0.3) is 0 Å². The fourth-order valence-corrected chi connectivity index (χ4v) is 3.13. The van der Waals surface area contributed by atoms with Gasteiger partial charge in [0.15, 0.2) is 11.5 Å². The maximum atomic E-state index is 13.2. The molecule has 33 heavy (non-hydrogen) atoms. The Hall–Kier alpha value is -4.27. The molecule has 2 aromatic carbocycles. The summed E-state index contributed by atoms with van der Waals surface area (Å²) in [7, 11) is 0. The average Bonchev–Trinajstić information content (AvgIpc) is 3.08. The number of ether oxygens (including phenoxy) is 3. The van der Waals surface area contributed by atoms with Gasteiger partial charge in [0.25, 0.3) is 11.8 Å². The van der Waals surface area contributed by atoms with E-state index >= 15 is 0 Å². The minimum absolute atomic E-state index is 0.0309. The fourth-order valence-electron chi connectivity index (χ4n) is 3.13. The molecule has 2 amide bonds. The van der Waals surface area contributed by atoms with Gasteiger partial charge in [-0.1, -0.05) is 24.8 Å². The van der Waals surface area contributed by atoms with Crippen molar-refractivity contribution >= 4 is 23.5 Å². The van der Waals surface area contributed by atoms with Crippen LogP contribution in [-0.4, -0.2) is 48.8 Å². The molecule has 2 aromatic rings. The van der Waals surface area contributed by atoms with Crippen molar-refractivity contribution in [2.45, 2.75) is 19.4 Å². The third kappa shape index (κ3) is 4.82. The molecule has 1 unspecified atom stereocenters. The van der Waals surface area contributed by atoms with E-state index in [2.05, 4.69) is 11.8 Å². The van der Waals surface area contributed by atoms with E-state index < -0.39 is 23.9 Å². The van der Waals surface area contributed by atoms with Crippen LogP contribution >= 0.6 is 0 Å². The summed E-state index contributed by atoms with van der Waals surface area (Å²) in [5, 5.41) is 9.58. The van der Waals surface area contributed by atoms with Gasteiger partial charge >= 0.3 is 5.97 Å². The number of carbonyl (C=O) groups is 3. The Labute approximate surface area is 191 Å². The number of terminal acetylenes is 2. The maximum absolute atomic E-state index is 13.2. The second-order valence-electron chi connectivity index (χ2n) is 6.96. The number of amides is 2. The Bertz CT molecular complexity index is 1170. The Balaban J connectivity index is 1.95. The van der Waals surface area contributed by atoms with Crippen molar-refractivity contribution in [2.24, 2.45) is 0 Å². The van der Waals surface area contributed by atoms with E-state index in [9.17, 15) is 19.5 Å². The molecule has 0 fully saturated rings. The minimum atomic E-state index is -0.785. The summed E-state index contributed by atoms with van der Waals surface area (Å²) in [4.78, 5) is 39.5. The van der Waals surface area contributed by atoms with Crippen molar-refractivity contribution in [1.82, 2.24) is 0 Å². The monoisotopic (exact) mass is 447 g/mol. The summed E-state index contributed by atoms with van der Waals surface area (Å²) in [6.45, 7) is 1.38. The normalized spacial score (nSPS) is 13.0. The number of hydrogen-bond donors (Lipinski definition) is 1. The summed E-state index contributed by atoms with van der Waals surface area (Å²) in [6, 6.07) is 8.72. The van der Waals surface area contributed by atoms with Crippen molar-refractivity contribution in [1.29, 1.82) is 0 Å². The zero-order chi connectivity index (χ0) is 24.0. The van der Waals surface area contributed by atoms with Crippen molar-refractivity contribution in [3.63, 3.8) is 0 Å². The van der Waals surface area contributed by atoms with Crippen LogP contribution in [0.4, 0.5) is 5.69 Å². The van der Waals surface area contributed by atoms with Crippen LogP contribution in [0.1, 0.15) is 44.4 Å². The van der Waals surface area contributed by atoms with Gasteiger partial charge in [0.05, 0.1) is 28.5 Å². The second-order valence-corrected chi connectivity index (χ2v) is 6.96. The molecule has 0 bridgehead atoms. The molecule has 8 nitrogen and oxygen atoms in total. The number of benzene rings is 2. The Morgan fingerprint density at radius 3 is 2.45 bits per heavy atom. The first-order valence-corrected chi connectivity index (χ1v) is 10.1. The maximum Gasteiger partial charge on any atom is 0.338 e. The molecule has 0 radical (unpaired) electrons. The number of carbonyl (C=O) groups excluding carboxylic acids is 3. The zero-order valence-electron chi connectivity index (χ0n) is 17.9. The lowest BCUT2D eigenvalue weighted by Gasteiger charge is -2.20. The summed E-state index contributed by atoms with van der Waals surface area (Å²) in [5.74, 6) is 3.00. The molecule has 0 aromatic heterocycles. The number of esters is 1. The number of hydrogen-bond acceptors (Lipinski definition) is 7. The number of rotatable bonds is 9. The van der Waals surface area contributed by atoms with Crippen LogP contribution in [0.15, 0.2) is 36.4 Å². The molecule has 3 rings (SSSR count). The number of fused-ring (bicyclic) bond motifs is 1. The minimum Gasteiger partial charge on any atom is -0.477 e. The van der Waals surface area contributed by atoms with Crippen LogP contribution in [0.2, 0.25) is 0 Å². The zero-order valence-corrected chi connectivity index (χ0v) is 17.9. The number of para-hydroxylation sites is 1. The smallest absolute Gasteiger partial charge is 0.338 e. The highest BCUT2D eigenvalue weighted by Gasteiger charge is 2.39. The first kappa shape index (κ1) is 23.4. The van der Waals surface area contributed by atoms with Crippen LogP contribution < -0.4 is 14.4 Å². The summed E-state index contributed by atoms with van der Waals surface area (Å²) in [6.07, 6.45) is 10.2. The first-order valence-electron chi connectivity index (χ1n) is 10.1. The number of aliphatic hydroxyl groups is 1. The third-order valence-electron chi connectivity index (χ3n) is 4.81. The predicted molar refractivity (Wildman–Crippen MR) is 119 cm³/mol. The largest absolute Gasteiger partial charge is 0.477 e. The summed E-state index contributed by atoms with van der Waals surface area (Å²) < 4.78 is 16.1. The third-order valence-corrected chi connectivity index (χ3v) is 4.81. The van der Waals surface area contributed by atoms with E-state index in [1.54, 1.807) is 19.1 Å².